The van der Waals surface area contributed by atoms with Gasteiger partial charge in [0.25, 0.3) is 5.91 Å². The molecule has 0 aromatic heterocycles. The summed E-state index contributed by atoms with van der Waals surface area (Å²) in [5.41, 5.74) is 6.41. The van der Waals surface area contributed by atoms with E-state index in [4.69, 9.17) is 10.5 Å². The monoisotopic (exact) mass is 262 g/mol. The third-order valence-electron chi connectivity index (χ3n) is 4.08. The molecular formula is C15H22N2O2. The Kier molecular flexibility index (Phi) is 4.43. The zero-order valence-electron chi connectivity index (χ0n) is 11.6. The van der Waals surface area contributed by atoms with Crippen molar-refractivity contribution in [1.82, 2.24) is 4.90 Å². The first-order chi connectivity index (χ1) is 9.19. The number of benzene rings is 1. The maximum absolute atomic E-state index is 12.6. The van der Waals surface area contributed by atoms with Gasteiger partial charge in [0.2, 0.25) is 0 Å². The molecule has 1 aliphatic carbocycles. The molecule has 4 heteroatoms. The topological polar surface area (TPSA) is 55.6 Å². The molecule has 2 unspecified atom stereocenters. The van der Waals surface area contributed by atoms with Crippen LogP contribution < -0.4 is 10.5 Å². The summed E-state index contributed by atoms with van der Waals surface area (Å²) in [6.07, 6.45) is 3.31. The van der Waals surface area contributed by atoms with Crippen LogP contribution in [0, 0.1) is 5.92 Å². The van der Waals surface area contributed by atoms with Gasteiger partial charge in [0.05, 0.1) is 12.7 Å². The molecule has 1 fully saturated rings. The maximum Gasteiger partial charge on any atom is 0.257 e. The molecule has 2 atom stereocenters. The van der Waals surface area contributed by atoms with E-state index in [9.17, 15) is 4.79 Å². The average Bonchev–Trinajstić information content (AvgIpc) is 2.94. The van der Waals surface area contributed by atoms with Crippen LogP contribution in [0.15, 0.2) is 24.3 Å². The molecule has 104 valence electrons. The van der Waals surface area contributed by atoms with Crippen molar-refractivity contribution in [3.05, 3.63) is 29.8 Å². The highest BCUT2D eigenvalue weighted by molar-refractivity contribution is 5.97. The van der Waals surface area contributed by atoms with E-state index < -0.39 is 0 Å². The fourth-order valence-corrected chi connectivity index (χ4v) is 2.96. The lowest BCUT2D eigenvalue weighted by molar-refractivity contribution is 0.0696. The lowest BCUT2D eigenvalue weighted by atomic mass is 10.0. The Bertz CT molecular complexity index is 448. The Balaban J connectivity index is 2.19. The molecule has 1 saturated carbocycles. The SMILES string of the molecule is COc1ccccc1C(=O)N(C)C1CCCC1CN. The molecule has 1 aliphatic rings. The number of ether oxygens (including phenoxy) is 1. The minimum Gasteiger partial charge on any atom is -0.496 e. The van der Waals surface area contributed by atoms with E-state index in [1.54, 1.807) is 7.11 Å². The molecule has 0 saturated heterocycles. The van der Waals surface area contributed by atoms with Crippen LogP contribution in [0.4, 0.5) is 0 Å². The van der Waals surface area contributed by atoms with E-state index in [2.05, 4.69) is 0 Å². The number of carbonyl (C=O) groups excluding carboxylic acids is 1. The van der Waals surface area contributed by atoms with Gasteiger partial charge in [-0.2, -0.15) is 0 Å². The van der Waals surface area contributed by atoms with Crippen molar-refractivity contribution in [2.45, 2.75) is 25.3 Å². The number of hydrogen-bond acceptors (Lipinski definition) is 3. The average molecular weight is 262 g/mol. The van der Waals surface area contributed by atoms with Crippen LogP contribution in [-0.2, 0) is 0 Å². The standard InChI is InChI=1S/C15H22N2O2/c1-17(13-8-5-6-11(13)10-16)15(18)12-7-3-4-9-14(12)19-2/h3-4,7,9,11,13H,5-6,8,10,16H2,1-2H3. The summed E-state index contributed by atoms with van der Waals surface area (Å²) in [6, 6.07) is 7.61. The molecule has 2 rings (SSSR count). The van der Waals surface area contributed by atoms with Crippen molar-refractivity contribution in [3.8, 4) is 5.75 Å². The third kappa shape index (κ3) is 2.73. The van der Waals surface area contributed by atoms with Crippen LogP contribution in [-0.4, -0.2) is 37.6 Å². The minimum atomic E-state index is 0.0165. The van der Waals surface area contributed by atoms with Crippen molar-refractivity contribution in [3.63, 3.8) is 0 Å². The highest BCUT2D eigenvalue weighted by atomic mass is 16.5. The van der Waals surface area contributed by atoms with Gasteiger partial charge in [0.1, 0.15) is 5.75 Å². The van der Waals surface area contributed by atoms with E-state index in [-0.39, 0.29) is 11.9 Å². The number of rotatable bonds is 4. The van der Waals surface area contributed by atoms with Gasteiger partial charge in [-0.15, -0.1) is 0 Å². The Morgan fingerprint density at radius 2 is 2.16 bits per heavy atom. The number of methoxy groups -OCH3 is 1. The van der Waals surface area contributed by atoms with E-state index in [0.29, 0.717) is 23.8 Å². The summed E-state index contributed by atoms with van der Waals surface area (Å²) >= 11 is 0. The molecule has 4 nitrogen and oxygen atoms in total. The first kappa shape index (κ1) is 13.9. The predicted octanol–water partition coefficient (Wildman–Crippen LogP) is 1.89. The van der Waals surface area contributed by atoms with Crippen LogP contribution in [0.25, 0.3) is 0 Å². The van der Waals surface area contributed by atoms with Gasteiger partial charge in [0, 0.05) is 13.1 Å². The molecule has 0 bridgehead atoms. The molecule has 19 heavy (non-hydrogen) atoms. The molecule has 0 aliphatic heterocycles. The van der Waals surface area contributed by atoms with E-state index in [1.807, 2.05) is 36.2 Å². The third-order valence-corrected chi connectivity index (χ3v) is 4.08. The summed E-state index contributed by atoms with van der Waals surface area (Å²) in [5, 5.41) is 0. The van der Waals surface area contributed by atoms with E-state index >= 15 is 0 Å². The van der Waals surface area contributed by atoms with Crippen LogP contribution in [0.5, 0.6) is 5.75 Å². The zero-order valence-corrected chi connectivity index (χ0v) is 11.6. The van der Waals surface area contributed by atoms with Crippen LogP contribution in [0.3, 0.4) is 0 Å². The summed E-state index contributed by atoms with van der Waals surface area (Å²) in [4.78, 5) is 14.4. The highest BCUT2D eigenvalue weighted by Crippen LogP contribution is 2.30. The highest BCUT2D eigenvalue weighted by Gasteiger charge is 2.32. The van der Waals surface area contributed by atoms with Crippen LogP contribution in [0.2, 0.25) is 0 Å². The van der Waals surface area contributed by atoms with Gasteiger partial charge in [0.15, 0.2) is 0 Å². The van der Waals surface area contributed by atoms with Crippen LogP contribution >= 0.6 is 0 Å². The van der Waals surface area contributed by atoms with Gasteiger partial charge in [-0.05, 0) is 37.4 Å². The Morgan fingerprint density at radius 1 is 1.42 bits per heavy atom. The fourth-order valence-electron chi connectivity index (χ4n) is 2.96. The van der Waals surface area contributed by atoms with Gasteiger partial charge in [-0.3, -0.25) is 4.79 Å². The lowest BCUT2D eigenvalue weighted by Gasteiger charge is -2.29. The Hall–Kier alpha value is -1.55. The second kappa shape index (κ2) is 6.06. The Morgan fingerprint density at radius 3 is 2.84 bits per heavy atom. The van der Waals surface area contributed by atoms with Crippen LogP contribution in [0.1, 0.15) is 29.6 Å². The molecule has 0 spiro atoms. The zero-order chi connectivity index (χ0) is 13.8. The first-order valence-corrected chi connectivity index (χ1v) is 6.79. The molecule has 1 aromatic rings. The quantitative estimate of drug-likeness (QED) is 0.901. The number of nitrogens with zero attached hydrogens (tertiary/aromatic N) is 1. The summed E-state index contributed by atoms with van der Waals surface area (Å²) in [5.74, 6) is 1.06. The van der Waals surface area contributed by atoms with Crippen molar-refractivity contribution in [1.29, 1.82) is 0 Å². The number of nitrogens with two attached hydrogens (primary N) is 1. The summed E-state index contributed by atoms with van der Waals surface area (Å²) in [6.45, 7) is 0.647. The molecular weight excluding hydrogens is 240 g/mol. The predicted molar refractivity (Wildman–Crippen MR) is 75.3 cm³/mol. The van der Waals surface area contributed by atoms with E-state index in [1.165, 1.54) is 0 Å². The number of para-hydroxylation sites is 1. The van der Waals surface area contributed by atoms with Crippen molar-refractivity contribution in [2.75, 3.05) is 20.7 Å². The number of amides is 1. The second-order valence-electron chi connectivity index (χ2n) is 5.11. The number of carbonyl (C=O) groups is 1. The largest absolute Gasteiger partial charge is 0.496 e. The number of hydrogen-bond donors (Lipinski definition) is 1. The molecule has 0 heterocycles. The minimum absolute atomic E-state index is 0.0165. The lowest BCUT2D eigenvalue weighted by Crippen LogP contribution is -2.41. The van der Waals surface area contributed by atoms with Gasteiger partial charge in [-0.1, -0.05) is 18.6 Å². The molecule has 1 aromatic carbocycles. The maximum atomic E-state index is 12.6. The van der Waals surface area contributed by atoms with Crippen molar-refractivity contribution < 1.29 is 9.53 Å². The van der Waals surface area contributed by atoms with Gasteiger partial charge in [-0.25, -0.2) is 0 Å². The normalized spacial score (nSPS) is 22.3. The second-order valence-corrected chi connectivity index (χ2v) is 5.11. The van der Waals surface area contributed by atoms with Crippen molar-refractivity contribution >= 4 is 5.91 Å². The van der Waals surface area contributed by atoms with Gasteiger partial charge < -0.3 is 15.4 Å². The molecule has 1 amide bonds. The molecule has 0 radical (unpaired) electrons. The molecule has 2 N–H and O–H groups in total. The Labute approximate surface area is 114 Å². The smallest absolute Gasteiger partial charge is 0.257 e. The first-order valence-electron chi connectivity index (χ1n) is 6.79. The van der Waals surface area contributed by atoms with Crippen molar-refractivity contribution in [2.24, 2.45) is 11.7 Å². The van der Waals surface area contributed by atoms with Gasteiger partial charge >= 0.3 is 0 Å². The summed E-state index contributed by atoms with van der Waals surface area (Å²) < 4.78 is 5.26. The fraction of sp³-hybridized carbons (Fsp3) is 0.533. The summed E-state index contributed by atoms with van der Waals surface area (Å²) in [7, 11) is 3.46. The van der Waals surface area contributed by atoms with E-state index in [0.717, 1.165) is 19.3 Å².